The number of benzene rings is 1. The molecule has 0 aliphatic rings. The van der Waals surface area contributed by atoms with E-state index in [1.807, 2.05) is 18.2 Å². The molecule has 0 aliphatic heterocycles. The molecule has 0 aliphatic carbocycles. The topological polar surface area (TPSA) is 38.7 Å². The molecular formula is C14H11N3S. The molecule has 2 aromatic heterocycles. The van der Waals surface area contributed by atoms with Crippen molar-refractivity contribution in [3.8, 4) is 22.0 Å². The minimum Gasteiger partial charge on any atom is -0.261 e. The molecule has 0 amide bonds. The third-order valence-corrected chi connectivity index (χ3v) is 3.62. The summed E-state index contributed by atoms with van der Waals surface area (Å²) in [6.07, 6.45) is 5.10. The van der Waals surface area contributed by atoms with Crippen molar-refractivity contribution in [3.05, 3.63) is 53.8 Å². The van der Waals surface area contributed by atoms with Crippen LogP contribution in [0.2, 0.25) is 0 Å². The number of thiazole rings is 1. The Hall–Kier alpha value is -2.07. The molecule has 3 rings (SSSR count). The first kappa shape index (κ1) is 11.0. The molecule has 0 spiro atoms. The zero-order valence-electron chi connectivity index (χ0n) is 9.87. The van der Waals surface area contributed by atoms with Crippen LogP contribution in [0.5, 0.6) is 0 Å². The fraction of sp³-hybridized carbons (Fsp3) is 0.0714. The summed E-state index contributed by atoms with van der Waals surface area (Å²) in [6, 6.07) is 10.2. The van der Waals surface area contributed by atoms with Gasteiger partial charge in [-0.2, -0.15) is 0 Å². The lowest BCUT2D eigenvalue weighted by Gasteiger charge is -1.96. The fourth-order valence-electron chi connectivity index (χ4n) is 1.78. The van der Waals surface area contributed by atoms with Crippen molar-refractivity contribution in [2.75, 3.05) is 0 Å². The van der Waals surface area contributed by atoms with E-state index in [1.54, 1.807) is 29.9 Å². The minimum absolute atomic E-state index is 0.827. The number of hydrogen-bond acceptors (Lipinski definition) is 4. The summed E-state index contributed by atoms with van der Waals surface area (Å²) in [4.78, 5) is 14.2. The Kier molecular flexibility index (Phi) is 2.86. The number of rotatable bonds is 2. The second-order valence-corrected chi connectivity index (χ2v) is 5.08. The highest BCUT2D eigenvalue weighted by Crippen LogP contribution is 2.31. The molecule has 88 valence electrons. The molecule has 0 unspecified atom stereocenters. The molecule has 0 saturated heterocycles. The van der Waals surface area contributed by atoms with E-state index in [4.69, 9.17) is 0 Å². The van der Waals surface area contributed by atoms with Gasteiger partial charge in [0.05, 0.1) is 11.9 Å². The average Bonchev–Trinajstić information content (AvgIpc) is 2.83. The number of nitrogens with zero attached hydrogens (tertiary/aromatic N) is 3. The minimum atomic E-state index is 0.827. The summed E-state index contributed by atoms with van der Waals surface area (Å²) in [7, 11) is 0. The smallest absolute Gasteiger partial charge is 0.144 e. The van der Waals surface area contributed by atoms with E-state index in [-0.39, 0.29) is 0 Å². The molecule has 0 fully saturated rings. The second kappa shape index (κ2) is 4.66. The maximum absolute atomic E-state index is 4.67. The normalized spacial score (nSPS) is 10.5. The number of aromatic nitrogens is 3. The molecule has 0 N–H and O–H groups in total. The molecule has 4 heteroatoms. The maximum atomic E-state index is 4.67. The molecule has 3 aromatic rings. The van der Waals surface area contributed by atoms with Crippen molar-refractivity contribution in [3.63, 3.8) is 0 Å². The molecule has 2 heterocycles. The zero-order valence-corrected chi connectivity index (χ0v) is 10.7. The molecule has 1 aromatic carbocycles. The van der Waals surface area contributed by atoms with Crippen LogP contribution in [0.1, 0.15) is 4.88 Å². The van der Waals surface area contributed by atoms with Gasteiger partial charge in [0.2, 0.25) is 0 Å². The molecule has 0 saturated carbocycles. The lowest BCUT2D eigenvalue weighted by molar-refractivity contribution is 1.19. The fourth-order valence-corrected chi connectivity index (χ4v) is 2.68. The predicted octanol–water partition coefficient (Wildman–Crippen LogP) is 3.58. The van der Waals surface area contributed by atoms with Crippen molar-refractivity contribution in [2.24, 2.45) is 0 Å². The third kappa shape index (κ3) is 2.02. The van der Waals surface area contributed by atoms with Crippen LogP contribution >= 0.6 is 11.3 Å². The van der Waals surface area contributed by atoms with Gasteiger partial charge >= 0.3 is 0 Å². The van der Waals surface area contributed by atoms with E-state index in [0.717, 1.165) is 22.0 Å². The van der Waals surface area contributed by atoms with Crippen LogP contribution in [-0.2, 0) is 0 Å². The van der Waals surface area contributed by atoms with Gasteiger partial charge in [-0.15, -0.1) is 11.3 Å². The van der Waals surface area contributed by atoms with Crippen LogP contribution in [0.25, 0.3) is 22.0 Å². The van der Waals surface area contributed by atoms with E-state index in [1.165, 1.54) is 4.88 Å². The molecular weight excluding hydrogens is 242 g/mol. The van der Waals surface area contributed by atoms with Gasteiger partial charge in [0.1, 0.15) is 10.7 Å². The lowest BCUT2D eigenvalue weighted by atomic mass is 10.1. The summed E-state index contributed by atoms with van der Waals surface area (Å²) >= 11 is 1.65. The van der Waals surface area contributed by atoms with Crippen LogP contribution in [0.4, 0.5) is 0 Å². The monoisotopic (exact) mass is 253 g/mol. The van der Waals surface area contributed by atoms with Gasteiger partial charge in [0.25, 0.3) is 0 Å². The van der Waals surface area contributed by atoms with Crippen molar-refractivity contribution in [1.29, 1.82) is 0 Å². The van der Waals surface area contributed by atoms with Gasteiger partial charge in [0, 0.05) is 22.8 Å². The van der Waals surface area contributed by atoms with Crippen molar-refractivity contribution in [1.82, 2.24) is 15.0 Å². The maximum Gasteiger partial charge on any atom is 0.144 e. The van der Waals surface area contributed by atoms with Crippen molar-refractivity contribution < 1.29 is 0 Å². The van der Waals surface area contributed by atoms with Crippen LogP contribution in [0, 0.1) is 6.92 Å². The molecule has 3 nitrogen and oxygen atoms in total. The number of hydrogen-bond donors (Lipinski definition) is 0. The summed E-state index contributed by atoms with van der Waals surface area (Å²) in [5.74, 6) is 0. The third-order valence-electron chi connectivity index (χ3n) is 2.63. The standard InChI is InChI=1S/C14H11N3S/c1-10-13(11-5-3-2-4-6-11)17-14(18-10)12-9-15-7-8-16-12/h2-9H,1H3. The summed E-state index contributed by atoms with van der Waals surface area (Å²) in [6.45, 7) is 2.08. The highest BCUT2D eigenvalue weighted by molar-refractivity contribution is 7.15. The van der Waals surface area contributed by atoms with E-state index >= 15 is 0 Å². The Balaban J connectivity index is 2.07. The van der Waals surface area contributed by atoms with Gasteiger partial charge in [-0.1, -0.05) is 30.3 Å². The highest BCUT2D eigenvalue weighted by atomic mass is 32.1. The molecule has 18 heavy (non-hydrogen) atoms. The van der Waals surface area contributed by atoms with Crippen LogP contribution in [-0.4, -0.2) is 15.0 Å². The first-order valence-corrected chi connectivity index (χ1v) is 6.45. The first-order chi connectivity index (χ1) is 8.84. The predicted molar refractivity (Wildman–Crippen MR) is 73.3 cm³/mol. The van der Waals surface area contributed by atoms with Crippen molar-refractivity contribution >= 4 is 11.3 Å². The Labute approximate surface area is 109 Å². The zero-order chi connectivity index (χ0) is 12.4. The molecule has 0 radical (unpaired) electrons. The first-order valence-electron chi connectivity index (χ1n) is 5.64. The lowest BCUT2D eigenvalue weighted by Crippen LogP contribution is -1.84. The molecule has 0 bridgehead atoms. The van der Waals surface area contributed by atoms with E-state index in [9.17, 15) is 0 Å². The Morgan fingerprint density at radius 3 is 2.61 bits per heavy atom. The van der Waals surface area contributed by atoms with Crippen LogP contribution < -0.4 is 0 Å². The van der Waals surface area contributed by atoms with Gasteiger partial charge in [0.15, 0.2) is 0 Å². The van der Waals surface area contributed by atoms with E-state index in [0.29, 0.717) is 0 Å². The SMILES string of the molecule is Cc1sc(-c2cnccn2)nc1-c1ccccc1. The van der Waals surface area contributed by atoms with Gasteiger partial charge in [-0.25, -0.2) is 4.98 Å². The Morgan fingerprint density at radius 2 is 1.89 bits per heavy atom. The quantitative estimate of drug-likeness (QED) is 0.700. The Morgan fingerprint density at radius 1 is 1.06 bits per heavy atom. The van der Waals surface area contributed by atoms with Gasteiger partial charge in [-0.3, -0.25) is 9.97 Å². The average molecular weight is 253 g/mol. The summed E-state index contributed by atoms with van der Waals surface area (Å²) < 4.78 is 0. The van der Waals surface area contributed by atoms with Gasteiger partial charge in [-0.05, 0) is 6.92 Å². The summed E-state index contributed by atoms with van der Waals surface area (Å²) in [5, 5.41) is 0.916. The molecule has 0 atom stereocenters. The van der Waals surface area contributed by atoms with Crippen LogP contribution in [0.15, 0.2) is 48.9 Å². The van der Waals surface area contributed by atoms with Crippen LogP contribution in [0.3, 0.4) is 0 Å². The summed E-state index contributed by atoms with van der Waals surface area (Å²) in [5.41, 5.74) is 3.00. The Bertz CT molecular complexity index is 647. The van der Waals surface area contributed by atoms with E-state index < -0.39 is 0 Å². The van der Waals surface area contributed by atoms with Gasteiger partial charge < -0.3 is 0 Å². The van der Waals surface area contributed by atoms with Crippen molar-refractivity contribution in [2.45, 2.75) is 6.92 Å². The number of aryl methyl sites for hydroxylation is 1. The highest BCUT2D eigenvalue weighted by Gasteiger charge is 2.11. The largest absolute Gasteiger partial charge is 0.261 e. The second-order valence-electron chi connectivity index (χ2n) is 3.88. The van der Waals surface area contributed by atoms with E-state index in [2.05, 4.69) is 34.0 Å².